The van der Waals surface area contributed by atoms with E-state index >= 15 is 0 Å². The van der Waals surface area contributed by atoms with Gasteiger partial charge in [0.05, 0.1) is 13.2 Å². The van der Waals surface area contributed by atoms with Crippen LogP contribution in [0, 0.1) is 5.41 Å². The van der Waals surface area contributed by atoms with Gasteiger partial charge in [0.15, 0.2) is 0 Å². The maximum atomic E-state index is 5.50. The number of likely N-dealkylation sites (tertiary alicyclic amines) is 1. The minimum absolute atomic E-state index is 0.556. The highest BCUT2D eigenvalue weighted by molar-refractivity contribution is 4.78. The Balaban J connectivity index is 1.68. The highest BCUT2D eigenvalue weighted by atomic mass is 16.5. The Morgan fingerprint density at radius 3 is 2.94 bits per heavy atom. The van der Waals surface area contributed by atoms with Gasteiger partial charge in [-0.15, -0.1) is 0 Å². The fraction of sp³-hybridized carbons (Fsp3) is 1.00. The van der Waals surface area contributed by atoms with Crippen LogP contribution in [0.15, 0.2) is 0 Å². The molecule has 0 radical (unpaired) electrons. The van der Waals surface area contributed by atoms with E-state index in [1.54, 1.807) is 0 Å². The van der Waals surface area contributed by atoms with Crippen LogP contribution in [-0.2, 0) is 4.74 Å². The van der Waals surface area contributed by atoms with E-state index in [1.165, 1.54) is 45.3 Å². The van der Waals surface area contributed by atoms with Gasteiger partial charge in [-0.1, -0.05) is 13.8 Å². The molecule has 3 nitrogen and oxygen atoms in total. The monoisotopic (exact) mass is 240 g/mol. The van der Waals surface area contributed by atoms with Crippen LogP contribution in [0.2, 0.25) is 0 Å². The standard InChI is InChI=1S/C14H28N2O/c1-14(2)5-3-8-16(10-6-14)9-4-13-12-17-11-7-15-13/h13,15H,3-12H2,1-2H3. The SMILES string of the molecule is CC1(C)CCCN(CCC2COCCN2)CC1. The van der Waals surface area contributed by atoms with E-state index in [4.69, 9.17) is 4.74 Å². The average Bonchev–Trinajstić information content (AvgIpc) is 2.49. The Hall–Kier alpha value is -0.120. The van der Waals surface area contributed by atoms with Crippen molar-refractivity contribution in [2.24, 2.45) is 5.41 Å². The van der Waals surface area contributed by atoms with Crippen molar-refractivity contribution >= 4 is 0 Å². The number of nitrogens with one attached hydrogen (secondary N) is 1. The van der Waals surface area contributed by atoms with E-state index in [0.717, 1.165) is 19.8 Å². The Morgan fingerprint density at radius 1 is 1.29 bits per heavy atom. The summed E-state index contributed by atoms with van der Waals surface area (Å²) in [4.78, 5) is 2.64. The Morgan fingerprint density at radius 2 is 2.18 bits per heavy atom. The molecule has 0 spiro atoms. The molecule has 0 aromatic carbocycles. The molecule has 1 unspecified atom stereocenters. The molecule has 2 rings (SSSR count). The van der Waals surface area contributed by atoms with Crippen molar-refractivity contribution in [2.45, 2.75) is 45.6 Å². The van der Waals surface area contributed by atoms with E-state index in [9.17, 15) is 0 Å². The van der Waals surface area contributed by atoms with Crippen LogP contribution in [0.4, 0.5) is 0 Å². The Labute approximate surface area is 106 Å². The molecular weight excluding hydrogens is 212 g/mol. The zero-order chi connectivity index (χ0) is 12.1. The number of morpholine rings is 1. The van der Waals surface area contributed by atoms with E-state index in [0.29, 0.717) is 11.5 Å². The van der Waals surface area contributed by atoms with E-state index < -0.39 is 0 Å². The lowest BCUT2D eigenvalue weighted by Crippen LogP contribution is -2.43. The Bertz CT molecular complexity index is 224. The smallest absolute Gasteiger partial charge is 0.0620 e. The number of rotatable bonds is 3. The van der Waals surface area contributed by atoms with E-state index in [2.05, 4.69) is 24.1 Å². The van der Waals surface area contributed by atoms with Crippen LogP contribution in [-0.4, -0.2) is 50.3 Å². The first-order chi connectivity index (χ1) is 8.16. The maximum Gasteiger partial charge on any atom is 0.0620 e. The van der Waals surface area contributed by atoms with Crippen LogP contribution in [0.25, 0.3) is 0 Å². The van der Waals surface area contributed by atoms with Gasteiger partial charge in [-0.25, -0.2) is 0 Å². The summed E-state index contributed by atoms with van der Waals surface area (Å²) in [5, 5.41) is 3.54. The molecule has 2 saturated heterocycles. The summed E-state index contributed by atoms with van der Waals surface area (Å²) in [5.74, 6) is 0. The van der Waals surface area contributed by atoms with Crippen molar-refractivity contribution < 1.29 is 4.74 Å². The molecule has 0 aromatic heterocycles. The van der Waals surface area contributed by atoms with Crippen molar-refractivity contribution in [3.63, 3.8) is 0 Å². The van der Waals surface area contributed by atoms with Crippen LogP contribution < -0.4 is 5.32 Å². The molecule has 0 bridgehead atoms. The normalized spacial score (nSPS) is 31.1. The molecule has 1 atom stereocenters. The molecule has 2 fully saturated rings. The van der Waals surface area contributed by atoms with E-state index in [1.807, 2.05) is 0 Å². The average molecular weight is 240 g/mol. The predicted octanol–water partition coefficient (Wildman–Crippen LogP) is 1.88. The minimum atomic E-state index is 0.556. The topological polar surface area (TPSA) is 24.5 Å². The zero-order valence-corrected chi connectivity index (χ0v) is 11.5. The molecule has 17 heavy (non-hydrogen) atoms. The summed E-state index contributed by atoms with van der Waals surface area (Å²) in [6.45, 7) is 11.4. The molecule has 0 amide bonds. The fourth-order valence-corrected chi connectivity index (χ4v) is 2.85. The maximum absolute atomic E-state index is 5.50. The summed E-state index contributed by atoms with van der Waals surface area (Å²) in [6, 6.07) is 0.583. The summed E-state index contributed by atoms with van der Waals surface area (Å²) < 4.78 is 5.50. The molecule has 0 saturated carbocycles. The minimum Gasteiger partial charge on any atom is -0.379 e. The first-order valence-corrected chi connectivity index (χ1v) is 7.19. The van der Waals surface area contributed by atoms with Crippen molar-refractivity contribution in [1.29, 1.82) is 0 Å². The molecule has 2 aliphatic heterocycles. The third kappa shape index (κ3) is 4.57. The molecular formula is C14H28N2O. The van der Waals surface area contributed by atoms with Crippen LogP contribution >= 0.6 is 0 Å². The lowest BCUT2D eigenvalue weighted by Gasteiger charge is -2.27. The summed E-state index contributed by atoms with van der Waals surface area (Å²) in [5.41, 5.74) is 0.556. The second-order valence-corrected chi connectivity index (χ2v) is 6.37. The van der Waals surface area contributed by atoms with Gasteiger partial charge in [0.25, 0.3) is 0 Å². The highest BCUT2D eigenvalue weighted by Crippen LogP contribution is 2.29. The molecule has 1 N–H and O–H groups in total. The number of ether oxygens (including phenoxy) is 1. The lowest BCUT2D eigenvalue weighted by molar-refractivity contribution is 0.0699. The first kappa shape index (κ1) is 13.3. The van der Waals surface area contributed by atoms with Gasteiger partial charge in [-0.05, 0) is 50.7 Å². The molecule has 3 heteroatoms. The van der Waals surface area contributed by atoms with Gasteiger partial charge in [-0.3, -0.25) is 0 Å². The van der Waals surface area contributed by atoms with Gasteiger partial charge >= 0.3 is 0 Å². The second-order valence-electron chi connectivity index (χ2n) is 6.37. The van der Waals surface area contributed by atoms with Crippen molar-refractivity contribution in [1.82, 2.24) is 10.2 Å². The van der Waals surface area contributed by atoms with Gasteiger partial charge in [0.1, 0.15) is 0 Å². The molecule has 0 aliphatic carbocycles. The van der Waals surface area contributed by atoms with Gasteiger partial charge in [0, 0.05) is 12.6 Å². The quantitative estimate of drug-likeness (QED) is 0.815. The van der Waals surface area contributed by atoms with Gasteiger partial charge in [-0.2, -0.15) is 0 Å². The molecule has 2 aliphatic rings. The molecule has 0 aromatic rings. The number of hydrogen-bond donors (Lipinski definition) is 1. The largest absolute Gasteiger partial charge is 0.379 e. The van der Waals surface area contributed by atoms with Crippen LogP contribution in [0.3, 0.4) is 0 Å². The summed E-state index contributed by atoms with van der Waals surface area (Å²) in [7, 11) is 0. The Kier molecular flexibility index (Phi) is 4.83. The third-order valence-corrected chi connectivity index (χ3v) is 4.22. The van der Waals surface area contributed by atoms with Crippen molar-refractivity contribution in [3.05, 3.63) is 0 Å². The molecule has 100 valence electrons. The van der Waals surface area contributed by atoms with E-state index in [-0.39, 0.29) is 0 Å². The van der Waals surface area contributed by atoms with Gasteiger partial charge in [0.2, 0.25) is 0 Å². The van der Waals surface area contributed by atoms with Gasteiger partial charge < -0.3 is 15.0 Å². The predicted molar refractivity (Wildman–Crippen MR) is 71.3 cm³/mol. The highest BCUT2D eigenvalue weighted by Gasteiger charge is 2.23. The summed E-state index contributed by atoms with van der Waals surface area (Å²) >= 11 is 0. The fourth-order valence-electron chi connectivity index (χ4n) is 2.85. The number of nitrogens with zero attached hydrogens (tertiary/aromatic N) is 1. The van der Waals surface area contributed by atoms with Crippen molar-refractivity contribution in [2.75, 3.05) is 39.4 Å². The first-order valence-electron chi connectivity index (χ1n) is 7.19. The lowest BCUT2D eigenvalue weighted by atomic mass is 9.85. The third-order valence-electron chi connectivity index (χ3n) is 4.22. The van der Waals surface area contributed by atoms with Crippen molar-refractivity contribution in [3.8, 4) is 0 Å². The second kappa shape index (κ2) is 6.17. The number of hydrogen-bond acceptors (Lipinski definition) is 3. The zero-order valence-electron chi connectivity index (χ0n) is 11.5. The summed E-state index contributed by atoms with van der Waals surface area (Å²) in [6.07, 6.45) is 5.33. The van der Waals surface area contributed by atoms with Crippen LogP contribution in [0.5, 0.6) is 0 Å². The molecule has 2 heterocycles. The van der Waals surface area contributed by atoms with Crippen LogP contribution in [0.1, 0.15) is 39.5 Å².